The van der Waals surface area contributed by atoms with Crippen LogP contribution in [0.25, 0.3) is 22.8 Å². The number of hydrogen-bond donors (Lipinski definition) is 3. The fourth-order valence-corrected chi connectivity index (χ4v) is 4.48. The van der Waals surface area contributed by atoms with Gasteiger partial charge in [-0.2, -0.15) is 0 Å². The first kappa shape index (κ1) is 23.8. The Hall–Kier alpha value is -3.35. The van der Waals surface area contributed by atoms with Crippen LogP contribution in [0.5, 0.6) is 0 Å². The summed E-state index contributed by atoms with van der Waals surface area (Å²) in [7, 11) is 0. The molecule has 0 spiro atoms. The van der Waals surface area contributed by atoms with Gasteiger partial charge < -0.3 is 20.5 Å². The molecule has 34 heavy (non-hydrogen) atoms. The second-order valence-corrected chi connectivity index (χ2v) is 8.71. The first-order valence-electron chi connectivity index (χ1n) is 11.5. The van der Waals surface area contributed by atoms with Crippen molar-refractivity contribution in [2.45, 2.75) is 20.8 Å². The average molecular weight is 477 g/mol. The van der Waals surface area contributed by atoms with Crippen LogP contribution in [0.1, 0.15) is 41.0 Å². The molecule has 1 aromatic heterocycles. The van der Waals surface area contributed by atoms with Gasteiger partial charge in [0.05, 0.1) is 11.1 Å². The molecule has 0 radical (unpaired) electrons. The molecule has 3 aromatic rings. The summed E-state index contributed by atoms with van der Waals surface area (Å²) in [4.78, 5) is 31.1. The molecule has 1 aliphatic rings. The first-order chi connectivity index (χ1) is 16.4. The summed E-state index contributed by atoms with van der Waals surface area (Å²) in [5.74, 6) is -0.301. The lowest BCUT2D eigenvalue weighted by Gasteiger charge is -2.17. The van der Waals surface area contributed by atoms with E-state index in [4.69, 9.17) is 11.6 Å². The number of nitrogens with one attached hydrogen (secondary N) is 3. The number of aromatic nitrogens is 1. The highest BCUT2D eigenvalue weighted by molar-refractivity contribution is 6.36. The van der Waals surface area contributed by atoms with Crippen molar-refractivity contribution in [1.82, 2.24) is 15.2 Å². The quantitative estimate of drug-likeness (QED) is 0.391. The molecule has 0 bridgehead atoms. The van der Waals surface area contributed by atoms with Crippen molar-refractivity contribution in [3.8, 4) is 11.1 Å². The highest BCUT2D eigenvalue weighted by Crippen LogP contribution is 2.41. The van der Waals surface area contributed by atoms with E-state index in [0.29, 0.717) is 22.7 Å². The second kappa shape index (κ2) is 10.3. The molecule has 0 fully saturated rings. The summed E-state index contributed by atoms with van der Waals surface area (Å²) in [5, 5.41) is 6.58. The Morgan fingerprint density at radius 2 is 1.91 bits per heavy atom. The third kappa shape index (κ3) is 4.79. The van der Waals surface area contributed by atoms with Crippen LogP contribution in [0, 0.1) is 6.92 Å². The number of hydrogen-bond acceptors (Lipinski definition) is 3. The number of nitrogens with zero attached hydrogens (tertiary/aromatic N) is 1. The van der Waals surface area contributed by atoms with Crippen LogP contribution in [0.15, 0.2) is 48.7 Å². The second-order valence-electron chi connectivity index (χ2n) is 8.27. The lowest BCUT2D eigenvalue weighted by Crippen LogP contribution is -2.34. The molecule has 1 aliphatic heterocycles. The van der Waals surface area contributed by atoms with E-state index in [1.165, 1.54) is 0 Å². The van der Waals surface area contributed by atoms with Gasteiger partial charge in [0, 0.05) is 41.3 Å². The number of H-pyrrole nitrogens is 1. The lowest BCUT2D eigenvalue weighted by atomic mass is 9.94. The van der Waals surface area contributed by atoms with Crippen molar-refractivity contribution in [2.24, 2.45) is 0 Å². The average Bonchev–Trinajstić information content (AvgIpc) is 3.36. The van der Waals surface area contributed by atoms with E-state index in [2.05, 4.69) is 34.4 Å². The Morgan fingerprint density at radius 1 is 1.15 bits per heavy atom. The van der Waals surface area contributed by atoms with Gasteiger partial charge in [0.15, 0.2) is 0 Å². The fourth-order valence-electron chi connectivity index (χ4n) is 4.29. The van der Waals surface area contributed by atoms with E-state index in [1.807, 2.05) is 55.5 Å². The third-order valence-corrected chi connectivity index (χ3v) is 6.52. The van der Waals surface area contributed by atoms with Crippen LogP contribution < -0.4 is 10.6 Å². The maximum Gasteiger partial charge on any atom is 0.256 e. The fraction of sp³-hybridized carbons (Fsp3) is 0.259. The molecule has 2 aromatic carbocycles. The maximum absolute atomic E-state index is 12.9. The molecule has 0 saturated heterocycles. The molecule has 0 saturated carbocycles. The van der Waals surface area contributed by atoms with Crippen molar-refractivity contribution >= 4 is 40.8 Å². The molecule has 0 aliphatic carbocycles. The van der Waals surface area contributed by atoms with Gasteiger partial charge in [0.25, 0.3) is 11.8 Å². The zero-order chi connectivity index (χ0) is 24.2. The Bertz CT molecular complexity index is 1260. The van der Waals surface area contributed by atoms with E-state index >= 15 is 0 Å². The van der Waals surface area contributed by atoms with Gasteiger partial charge in [0.2, 0.25) is 0 Å². The van der Waals surface area contributed by atoms with E-state index in [0.717, 1.165) is 53.3 Å². The highest BCUT2D eigenvalue weighted by atomic mass is 35.5. The molecule has 0 atom stereocenters. The molecule has 2 heterocycles. The summed E-state index contributed by atoms with van der Waals surface area (Å²) in [6, 6.07) is 13.4. The summed E-state index contributed by atoms with van der Waals surface area (Å²) in [5.41, 5.74) is 6.09. The van der Waals surface area contributed by atoms with Crippen LogP contribution in [-0.4, -0.2) is 47.9 Å². The molecule has 6 nitrogen and oxygen atoms in total. The van der Waals surface area contributed by atoms with Gasteiger partial charge in [-0.25, -0.2) is 0 Å². The molecule has 7 heteroatoms. The van der Waals surface area contributed by atoms with Crippen LogP contribution in [-0.2, 0) is 4.79 Å². The van der Waals surface area contributed by atoms with Crippen molar-refractivity contribution < 1.29 is 9.59 Å². The molecular weight excluding hydrogens is 448 g/mol. The number of carbonyl (C=O) groups is 2. The number of anilines is 1. The SMILES string of the molecule is CCN(CC)CCNC(=O)c1c[nH]c(/C=C2\C(=O)Nc3cccc(-c4cccc(Cl)c4)c32)c1C. The van der Waals surface area contributed by atoms with Gasteiger partial charge >= 0.3 is 0 Å². The minimum Gasteiger partial charge on any atom is -0.361 e. The first-order valence-corrected chi connectivity index (χ1v) is 11.9. The number of rotatable bonds is 8. The zero-order valence-electron chi connectivity index (χ0n) is 19.7. The van der Waals surface area contributed by atoms with Gasteiger partial charge in [0.1, 0.15) is 0 Å². The summed E-state index contributed by atoms with van der Waals surface area (Å²) >= 11 is 6.22. The summed E-state index contributed by atoms with van der Waals surface area (Å²) in [6.45, 7) is 9.40. The maximum atomic E-state index is 12.9. The number of carbonyl (C=O) groups excluding carboxylic acids is 2. The lowest BCUT2D eigenvalue weighted by molar-refractivity contribution is -0.110. The normalized spacial score (nSPS) is 13.9. The van der Waals surface area contributed by atoms with E-state index in [9.17, 15) is 9.59 Å². The van der Waals surface area contributed by atoms with Crippen molar-refractivity contribution in [1.29, 1.82) is 0 Å². The Morgan fingerprint density at radius 3 is 2.65 bits per heavy atom. The van der Waals surface area contributed by atoms with Crippen molar-refractivity contribution in [2.75, 3.05) is 31.5 Å². The predicted molar refractivity (Wildman–Crippen MR) is 139 cm³/mol. The molecule has 2 amide bonds. The number of aromatic amines is 1. The summed E-state index contributed by atoms with van der Waals surface area (Å²) < 4.78 is 0. The van der Waals surface area contributed by atoms with Crippen LogP contribution in [0.3, 0.4) is 0 Å². The Labute approximate surface area is 205 Å². The monoisotopic (exact) mass is 476 g/mol. The van der Waals surface area contributed by atoms with Crippen LogP contribution in [0.4, 0.5) is 5.69 Å². The summed E-state index contributed by atoms with van der Waals surface area (Å²) in [6.07, 6.45) is 3.52. The van der Waals surface area contributed by atoms with Gasteiger partial charge in [-0.1, -0.05) is 49.7 Å². The number of benzene rings is 2. The topological polar surface area (TPSA) is 77.2 Å². The van der Waals surface area contributed by atoms with Gasteiger partial charge in [-0.15, -0.1) is 0 Å². The van der Waals surface area contributed by atoms with Crippen molar-refractivity contribution in [3.05, 3.63) is 76.1 Å². The molecule has 0 unspecified atom stereocenters. The molecular formula is C27H29ClN4O2. The minimum absolute atomic E-state index is 0.124. The highest BCUT2D eigenvalue weighted by Gasteiger charge is 2.28. The van der Waals surface area contributed by atoms with E-state index in [-0.39, 0.29) is 11.8 Å². The van der Waals surface area contributed by atoms with Crippen LogP contribution >= 0.6 is 11.6 Å². The zero-order valence-corrected chi connectivity index (χ0v) is 20.4. The minimum atomic E-state index is -0.177. The molecule has 4 rings (SSSR count). The number of fused-ring (bicyclic) bond motifs is 1. The van der Waals surface area contributed by atoms with E-state index in [1.54, 1.807) is 6.20 Å². The standard InChI is InChI=1S/C27H29ClN4O2/c1-4-32(5-2)13-12-29-26(33)22-16-30-24(17(22)3)15-21-25-20(18-8-6-9-19(28)14-18)10-7-11-23(25)31-27(21)34/h6-11,14-16,30H,4-5,12-13H2,1-3H3,(H,29,33)(H,31,34)/b21-15-. The number of likely N-dealkylation sites (N-methyl/N-ethyl adjacent to an activating group) is 1. The third-order valence-electron chi connectivity index (χ3n) is 6.28. The van der Waals surface area contributed by atoms with Gasteiger partial charge in [-0.05, 0) is 61.0 Å². The Kier molecular flexibility index (Phi) is 7.20. The van der Waals surface area contributed by atoms with Crippen LogP contribution in [0.2, 0.25) is 5.02 Å². The largest absolute Gasteiger partial charge is 0.361 e. The smallest absolute Gasteiger partial charge is 0.256 e. The van der Waals surface area contributed by atoms with Gasteiger partial charge in [-0.3, -0.25) is 9.59 Å². The molecule has 176 valence electrons. The predicted octanol–water partition coefficient (Wildman–Crippen LogP) is 5.21. The number of halogens is 1. The van der Waals surface area contributed by atoms with Crippen molar-refractivity contribution in [3.63, 3.8) is 0 Å². The van der Waals surface area contributed by atoms with E-state index < -0.39 is 0 Å². The Balaban J connectivity index is 1.63. The number of amides is 2. The molecule has 3 N–H and O–H groups in total.